The summed E-state index contributed by atoms with van der Waals surface area (Å²) in [6, 6.07) is 0. The molecule has 1 saturated carbocycles. The van der Waals surface area contributed by atoms with Crippen LogP contribution in [0, 0.1) is 5.92 Å². The Balaban J connectivity index is 2.32. The topological polar surface area (TPSA) is 26.3 Å². The molecule has 0 amide bonds. The van der Waals surface area contributed by atoms with Crippen LogP contribution in [0.5, 0.6) is 0 Å². The quantitative estimate of drug-likeness (QED) is 0.555. The van der Waals surface area contributed by atoms with E-state index in [-0.39, 0.29) is 12.5 Å². The summed E-state index contributed by atoms with van der Waals surface area (Å²) < 4.78 is 40.8. The van der Waals surface area contributed by atoms with E-state index < -0.39 is 17.7 Å². The van der Waals surface area contributed by atoms with Crippen LogP contribution in [0.1, 0.15) is 32.1 Å². The average molecular weight is 236 g/mol. The van der Waals surface area contributed by atoms with Gasteiger partial charge in [-0.25, -0.2) is 4.79 Å². The minimum absolute atomic E-state index is 0.0773. The van der Waals surface area contributed by atoms with Crippen molar-refractivity contribution in [2.24, 2.45) is 5.92 Å². The van der Waals surface area contributed by atoms with Gasteiger partial charge in [-0.05, 0) is 18.8 Å². The predicted octanol–water partition coefficient (Wildman–Crippen LogP) is 3.23. The molecule has 1 aliphatic carbocycles. The number of halogens is 3. The molecule has 0 unspecified atom stereocenters. The summed E-state index contributed by atoms with van der Waals surface area (Å²) in [5.74, 6) is -1.14. The summed E-state index contributed by atoms with van der Waals surface area (Å²) in [6.45, 7) is 2.77. The van der Waals surface area contributed by atoms with Crippen LogP contribution in [0.15, 0.2) is 12.2 Å². The first-order chi connectivity index (χ1) is 7.41. The van der Waals surface area contributed by atoms with Crippen molar-refractivity contribution in [2.75, 3.05) is 6.61 Å². The van der Waals surface area contributed by atoms with Crippen molar-refractivity contribution in [3.8, 4) is 0 Å². The summed E-state index contributed by atoms with van der Waals surface area (Å²) in [4.78, 5) is 11.0. The Morgan fingerprint density at radius 3 is 2.31 bits per heavy atom. The predicted molar refractivity (Wildman–Crippen MR) is 52.7 cm³/mol. The van der Waals surface area contributed by atoms with Crippen molar-refractivity contribution < 1.29 is 22.7 Å². The summed E-state index contributed by atoms with van der Waals surface area (Å²) in [5.41, 5.74) is -1.43. The maximum Gasteiger partial charge on any atom is 0.422 e. The molecule has 0 aromatic carbocycles. The molecule has 0 aromatic rings. The third kappa shape index (κ3) is 3.87. The Hall–Kier alpha value is -1.00. The van der Waals surface area contributed by atoms with Gasteiger partial charge in [-0.3, -0.25) is 0 Å². The zero-order valence-corrected chi connectivity index (χ0v) is 8.98. The molecule has 0 aromatic heterocycles. The van der Waals surface area contributed by atoms with Crippen LogP contribution in [0.4, 0.5) is 13.2 Å². The van der Waals surface area contributed by atoms with Gasteiger partial charge >= 0.3 is 12.1 Å². The molecule has 1 rings (SSSR count). The lowest BCUT2D eigenvalue weighted by Gasteiger charge is -2.21. The highest BCUT2D eigenvalue weighted by molar-refractivity contribution is 5.89. The third-order valence-corrected chi connectivity index (χ3v) is 2.76. The first kappa shape index (κ1) is 13.1. The summed E-state index contributed by atoms with van der Waals surface area (Å²) in [5, 5.41) is 0. The van der Waals surface area contributed by atoms with Gasteiger partial charge in [0.2, 0.25) is 0 Å². The summed E-state index contributed by atoms with van der Waals surface area (Å²) in [6.07, 6.45) is 0.422. The fourth-order valence-corrected chi connectivity index (χ4v) is 1.75. The fraction of sp³-hybridized carbons (Fsp3) is 0.727. The van der Waals surface area contributed by atoms with Crippen molar-refractivity contribution in [1.29, 1.82) is 0 Å². The molecule has 0 atom stereocenters. The maximum atomic E-state index is 12.1. The number of carbonyl (C=O) groups is 1. The van der Waals surface area contributed by atoms with Crippen molar-refractivity contribution in [3.05, 3.63) is 12.2 Å². The first-order valence-electron chi connectivity index (χ1n) is 5.34. The van der Waals surface area contributed by atoms with Gasteiger partial charge in [0.15, 0.2) is 0 Å². The molecule has 1 fully saturated rings. The summed E-state index contributed by atoms with van der Waals surface area (Å²) in [7, 11) is 0. The molecular weight excluding hydrogens is 221 g/mol. The number of ether oxygens (including phenoxy) is 1. The minimum atomic E-state index is -4.69. The van der Waals surface area contributed by atoms with Crippen LogP contribution in [0.25, 0.3) is 0 Å². The standard InChI is InChI=1S/C11H15F3O2/c1-8(11(12,13)14)10(15)16-7-9-5-3-2-4-6-9/h9H,1-7H2. The van der Waals surface area contributed by atoms with Gasteiger partial charge in [-0.15, -0.1) is 0 Å². The van der Waals surface area contributed by atoms with Crippen molar-refractivity contribution >= 4 is 5.97 Å². The van der Waals surface area contributed by atoms with Gasteiger partial charge in [0, 0.05) is 0 Å². The fourth-order valence-electron chi connectivity index (χ4n) is 1.75. The molecule has 5 heteroatoms. The number of esters is 1. The van der Waals surface area contributed by atoms with Crippen LogP contribution in [0.2, 0.25) is 0 Å². The molecule has 0 N–H and O–H groups in total. The van der Waals surface area contributed by atoms with Gasteiger partial charge < -0.3 is 4.74 Å². The molecule has 0 bridgehead atoms. The third-order valence-electron chi connectivity index (χ3n) is 2.76. The number of alkyl halides is 3. The van der Waals surface area contributed by atoms with Crippen molar-refractivity contribution in [2.45, 2.75) is 38.3 Å². The zero-order chi connectivity index (χ0) is 12.2. The average Bonchev–Trinajstić information content (AvgIpc) is 2.25. The maximum absolute atomic E-state index is 12.1. The van der Waals surface area contributed by atoms with Gasteiger partial charge in [-0.2, -0.15) is 13.2 Å². The number of hydrogen-bond donors (Lipinski definition) is 0. The molecule has 0 radical (unpaired) electrons. The van der Waals surface area contributed by atoms with Crippen molar-refractivity contribution in [1.82, 2.24) is 0 Å². The highest BCUT2D eigenvalue weighted by atomic mass is 19.4. The molecule has 92 valence electrons. The van der Waals surface area contributed by atoms with Crippen LogP contribution in [-0.2, 0) is 9.53 Å². The van der Waals surface area contributed by atoms with Crippen LogP contribution < -0.4 is 0 Å². The second kappa shape index (κ2) is 5.37. The Morgan fingerprint density at radius 1 is 1.25 bits per heavy atom. The van der Waals surface area contributed by atoms with Crippen LogP contribution in [-0.4, -0.2) is 18.8 Å². The smallest absolute Gasteiger partial charge is 0.422 e. The van der Waals surface area contributed by atoms with Gasteiger partial charge in [0.1, 0.15) is 5.57 Å². The van der Waals surface area contributed by atoms with E-state index in [2.05, 4.69) is 11.3 Å². The lowest BCUT2D eigenvalue weighted by Crippen LogP contribution is -2.24. The highest BCUT2D eigenvalue weighted by Gasteiger charge is 2.38. The van der Waals surface area contributed by atoms with E-state index in [1.807, 2.05) is 0 Å². The van der Waals surface area contributed by atoms with E-state index >= 15 is 0 Å². The second-order valence-corrected chi connectivity index (χ2v) is 4.08. The van der Waals surface area contributed by atoms with E-state index in [0.29, 0.717) is 0 Å². The van der Waals surface area contributed by atoms with Crippen LogP contribution in [0.3, 0.4) is 0 Å². The Kier molecular flexibility index (Phi) is 4.38. The van der Waals surface area contributed by atoms with Crippen LogP contribution >= 0.6 is 0 Å². The molecule has 2 nitrogen and oxygen atoms in total. The lowest BCUT2D eigenvalue weighted by atomic mass is 9.90. The minimum Gasteiger partial charge on any atom is -0.462 e. The molecule has 0 saturated heterocycles. The largest absolute Gasteiger partial charge is 0.462 e. The van der Waals surface area contributed by atoms with Gasteiger partial charge in [0.05, 0.1) is 6.61 Å². The van der Waals surface area contributed by atoms with E-state index in [1.165, 1.54) is 0 Å². The molecular formula is C11H15F3O2. The Labute approximate surface area is 92.5 Å². The molecule has 0 spiro atoms. The monoisotopic (exact) mass is 236 g/mol. The van der Waals surface area contributed by atoms with E-state index in [1.54, 1.807) is 0 Å². The molecule has 1 aliphatic rings. The zero-order valence-electron chi connectivity index (χ0n) is 8.98. The molecule has 16 heavy (non-hydrogen) atoms. The normalized spacial score (nSPS) is 18.2. The second-order valence-electron chi connectivity index (χ2n) is 4.08. The number of rotatable bonds is 3. The van der Waals surface area contributed by atoms with Gasteiger partial charge in [0.25, 0.3) is 0 Å². The first-order valence-corrected chi connectivity index (χ1v) is 5.34. The molecule has 0 heterocycles. The SMILES string of the molecule is C=C(C(=O)OCC1CCCCC1)C(F)(F)F. The van der Waals surface area contributed by atoms with E-state index in [9.17, 15) is 18.0 Å². The summed E-state index contributed by atoms with van der Waals surface area (Å²) >= 11 is 0. The van der Waals surface area contributed by atoms with Crippen molar-refractivity contribution in [3.63, 3.8) is 0 Å². The molecule has 0 aliphatic heterocycles. The van der Waals surface area contributed by atoms with E-state index in [0.717, 1.165) is 32.1 Å². The van der Waals surface area contributed by atoms with E-state index in [4.69, 9.17) is 0 Å². The highest BCUT2D eigenvalue weighted by Crippen LogP contribution is 2.27. The number of carbonyl (C=O) groups excluding carboxylic acids is 1. The Morgan fingerprint density at radius 2 is 1.81 bits per heavy atom. The lowest BCUT2D eigenvalue weighted by molar-refractivity contribution is -0.152. The Bertz CT molecular complexity index is 265. The van der Waals surface area contributed by atoms with Gasteiger partial charge in [-0.1, -0.05) is 25.8 Å². The number of hydrogen-bond acceptors (Lipinski definition) is 2.